The fourth-order valence-electron chi connectivity index (χ4n) is 3.39. The molecule has 0 saturated carbocycles. The van der Waals surface area contributed by atoms with E-state index in [1.807, 2.05) is 29.2 Å². The number of nitrogens with two attached hydrogens (primary N) is 1. The molecule has 9 heteroatoms. The van der Waals surface area contributed by atoms with Gasteiger partial charge in [-0.2, -0.15) is 0 Å². The highest BCUT2D eigenvalue weighted by Crippen LogP contribution is 2.20. The zero-order valence-corrected chi connectivity index (χ0v) is 17.2. The van der Waals surface area contributed by atoms with Crippen molar-refractivity contribution in [3.05, 3.63) is 41.5 Å². The molecule has 0 aromatic heterocycles. The van der Waals surface area contributed by atoms with Crippen LogP contribution in [0.3, 0.4) is 0 Å². The van der Waals surface area contributed by atoms with Crippen LogP contribution >= 0.6 is 0 Å². The highest BCUT2D eigenvalue weighted by molar-refractivity contribution is 5.97. The maximum absolute atomic E-state index is 12.7. The zero-order valence-electron chi connectivity index (χ0n) is 17.2. The summed E-state index contributed by atoms with van der Waals surface area (Å²) in [7, 11) is 0. The molecule has 1 atom stereocenters. The van der Waals surface area contributed by atoms with Crippen molar-refractivity contribution in [2.24, 2.45) is 10.7 Å². The van der Waals surface area contributed by atoms with E-state index in [-0.39, 0.29) is 12.5 Å². The van der Waals surface area contributed by atoms with Gasteiger partial charge in [0, 0.05) is 38.3 Å². The SMILES string of the molecule is CCCCN=C(N)c1ccc(C2=CC(C(=O)N3CCN(CC(=O)O)CC3)ON2)cc1. The van der Waals surface area contributed by atoms with E-state index in [4.69, 9.17) is 15.7 Å². The zero-order chi connectivity index (χ0) is 21.5. The minimum Gasteiger partial charge on any atom is -0.480 e. The minimum atomic E-state index is -0.856. The predicted octanol–water partition coefficient (Wildman–Crippen LogP) is 0.665. The lowest BCUT2D eigenvalue weighted by Crippen LogP contribution is -2.52. The fraction of sp³-hybridized carbons (Fsp3) is 0.476. The second-order valence-electron chi connectivity index (χ2n) is 7.41. The molecule has 2 aliphatic rings. The van der Waals surface area contributed by atoms with Crippen LogP contribution in [0.4, 0.5) is 0 Å². The largest absolute Gasteiger partial charge is 0.480 e. The van der Waals surface area contributed by atoms with Crippen molar-refractivity contribution in [1.29, 1.82) is 0 Å². The second kappa shape index (κ2) is 10.2. The Hall–Kier alpha value is -2.91. The highest BCUT2D eigenvalue weighted by Gasteiger charge is 2.31. The lowest BCUT2D eigenvalue weighted by molar-refractivity contribution is -0.144. The first-order chi connectivity index (χ1) is 14.5. The van der Waals surface area contributed by atoms with Crippen LogP contribution in [0.5, 0.6) is 0 Å². The van der Waals surface area contributed by atoms with E-state index in [0.717, 1.165) is 36.2 Å². The number of hydrogen-bond donors (Lipinski definition) is 3. The number of rotatable bonds is 8. The van der Waals surface area contributed by atoms with E-state index >= 15 is 0 Å². The van der Waals surface area contributed by atoms with Crippen molar-refractivity contribution in [1.82, 2.24) is 15.3 Å². The number of carbonyl (C=O) groups excluding carboxylic acids is 1. The van der Waals surface area contributed by atoms with Crippen LogP contribution in [-0.4, -0.2) is 78.0 Å². The number of carboxylic acid groups (broad SMARTS) is 1. The Bertz CT molecular complexity index is 813. The van der Waals surface area contributed by atoms with Gasteiger partial charge in [0.2, 0.25) is 0 Å². The third kappa shape index (κ3) is 5.58. The molecular weight excluding hydrogens is 386 g/mol. The summed E-state index contributed by atoms with van der Waals surface area (Å²) in [5, 5.41) is 8.87. The molecule has 1 fully saturated rings. The molecule has 1 aromatic carbocycles. The van der Waals surface area contributed by atoms with Crippen LogP contribution in [0.2, 0.25) is 0 Å². The quantitative estimate of drug-likeness (QED) is 0.324. The van der Waals surface area contributed by atoms with Gasteiger partial charge in [0.25, 0.3) is 5.91 Å². The van der Waals surface area contributed by atoms with E-state index in [2.05, 4.69) is 17.4 Å². The van der Waals surface area contributed by atoms with Crippen molar-refractivity contribution < 1.29 is 19.5 Å². The summed E-state index contributed by atoms with van der Waals surface area (Å²) < 4.78 is 0. The molecule has 30 heavy (non-hydrogen) atoms. The fourth-order valence-corrected chi connectivity index (χ4v) is 3.39. The molecule has 162 valence electrons. The number of carbonyl (C=O) groups is 2. The van der Waals surface area contributed by atoms with E-state index < -0.39 is 12.1 Å². The van der Waals surface area contributed by atoms with Gasteiger partial charge in [-0.25, -0.2) is 0 Å². The number of hydrogen-bond acceptors (Lipinski definition) is 6. The highest BCUT2D eigenvalue weighted by atomic mass is 16.7. The maximum Gasteiger partial charge on any atom is 0.317 e. The number of carboxylic acids is 1. The predicted molar refractivity (Wildman–Crippen MR) is 114 cm³/mol. The van der Waals surface area contributed by atoms with E-state index in [0.29, 0.717) is 32.0 Å². The number of amidine groups is 1. The molecule has 1 amide bonds. The van der Waals surface area contributed by atoms with Crippen LogP contribution in [0, 0.1) is 0 Å². The van der Waals surface area contributed by atoms with Crippen molar-refractivity contribution >= 4 is 23.4 Å². The summed E-state index contributed by atoms with van der Waals surface area (Å²) in [6, 6.07) is 7.63. The second-order valence-corrected chi connectivity index (χ2v) is 7.41. The summed E-state index contributed by atoms with van der Waals surface area (Å²) in [6.45, 7) is 4.88. The van der Waals surface area contributed by atoms with Crippen molar-refractivity contribution in [2.75, 3.05) is 39.3 Å². The van der Waals surface area contributed by atoms with Crippen LogP contribution < -0.4 is 11.2 Å². The topological polar surface area (TPSA) is 120 Å². The van der Waals surface area contributed by atoms with Gasteiger partial charge in [0.1, 0.15) is 5.84 Å². The number of amides is 1. The standard InChI is InChI=1S/C21H29N5O4/c1-2-3-8-23-20(22)16-6-4-15(5-7-16)17-13-18(30-24-17)21(29)26-11-9-25(10-12-26)14-19(27)28/h4-7,13,18,24H,2-3,8-12,14H2,1H3,(H2,22,23)(H,27,28). The summed E-state index contributed by atoms with van der Waals surface area (Å²) >= 11 is 0. The number of aliphatic imine (C=N–C) groups is 1. The molecule has 2 aliphatic heterocycles. The number of aliphatic carboxylic acids is 1. The summed E-state index contributed by atoms with van der Waals surface area (Å²) in [5.41, 5.74) is 11.3. The molecule has 1 unspecified atom stereocenters. The Morgan fingerprint density at radius 3 is 2.57 bits per heavy atom. The lowest BCUT2D eigenvalue weighted by atomic mass is 10.1. The first-order valence-corrected chi connectivity index (χ1v) is 10.2. The molecule has 0 spiro atoms. The van der Waals surface area contributed by atoms with Gasteiger partial charge in [-0.05, 0) is 18.1 Å². The molecule has 0 radical (unpaired) electrons. The third-order valence-electron chi connectivity index (χ3n) is 5.19. The minimum absolute atomic E-state index is 0.00259. The van der Waals surface area contributed by atoms with E-state index in [1.165, 1.54) is 0 Å². The lowest BCUT2D eigenvalue weighted by Gasteiger charge is -2.34. The van der Waals surface area contributed by atoms with Crippen LogP contribution in [0.25, 0.3) is 5.70 Å². The first kappa shape index (κ1) is 21.8. The molecule has 0 aliphatic carbocycles. The molecule has 3 rings (SSSR count). The summed E-state index contributed by atoms with van der Waals surface area (Å²) in [5.74, 6) is -0.461. The number of nitrogens with one attached hydrogen (secondary N) is 1. The Morgan fingerprint density at radius 1 is 1.23 bits per heavy atom. The number of unbranched alkanes of at least 4 members (excludes halogenated alkanes) is 1. The third-order valence-corrected chi connectivity index (χ3v) is 5.19. The first-order valence-electron chi connectivity index (χ1n) is 10.2. The average molecular weight is 415 g/mol. The molecule has 9 nitrogen and oxygen atoms in total. The van der Waals surface area contributed by atoms with Gasteiger partial charge in [-0.15, -0.1) is 0 Å². The van der Waals surface area contributed by atoms with Crippen molar-refractivity contribution in [3.63, 3.8) is 0 Å². The Morgan fingerprint density at radius 2 is 1.93 bits per heavy atom. The molecule has 1 aromatic rings. The Labute approximate surface area is 176 Å². The van der Waals surface area contributed by atoms with Crippen LogP contribution in [0.15, 0.2) is 35.3 Å². The van der Waals surface area contributed by atoms with Gasteiger partial charge in [0.05, 0.1) is 12.2 Å². The number of hydroxylamine groups is 1. The molecular formula is C21H29N5O4. The average Bonchev–Trinajstić information content (AvgIpc) is 3.24. The van der Waals surface area contributed by atoms with Crippen LogP contribution in [0.1, 0.15) is 30.9 Å². The van der Waals surface area contributed by atoms with Crippen LogP contribution in [-0.2, 0) is 14.4 Å². The Balaban J connectivity index is 1.57. The Kier molecular flexibility index (Phi) is 7.42. The van der Waals surface area contributed by atoms with Gasteiger partial charge < -0.3 is 15.7 Å². The van der Waals surface area contributed by atoms with Gasteiger partial charge in [-0.1, -0.05) is 37.6 Å². The van der Waals surface area contributed by atoms with E-state index in [9.17, 15) is 9.59 Å². The maximum atomic E-state index is 12.7. The van der Waals surface area contributed by atoms with Gasteiger partial charge in [0.15, 0.2) is 6.10 Å². The van der Waals surface area contributed by atoms with Gasteiger partial charge >= 0.3 is 5.97 Å². The monoisotopic (exact) mass is 415 g/mol. The van der Waals surface area contributed by atoms with Crippen molar-refractivity contribution in [3.8, 4) is 0 Å². The summed E-state index contributed by atoms with van der Waals surface area (Å²) in [4.78, 5) is 36.9. The molecule has 0 bridgehead atoms. The van der Waals surface area contributed by atoms with Crippen molar-refractivity contribution in [2.45, 2.75) is 25.9 Å². The van der Waals surface area contributed by atoms with E-state index in [1.54, 1.807) is 11.0 Å². The molecule has 4 N–H and O–H groups in total. The number of nitrogens with zero attached hydrogens (tertiary/aromatic N) is 3. The van der Waals surface area contributed by atoms with Gasteiger partial charge in [-0.3, -0.25) is 29.8 Å². The normalized spacial score (nSPS) is 20.0. The molecule has 1 saturated heterocycles. The summed E-state index contributed by atoms with van der Waals surface area (Å²) in [6.07, 6.45) is 3.15. The smallest absolute Gasteiger partial charge is 0.317 e. The number of benzene rings is 1. The molecule has 2 heterocycles. The number of piperazine rings is 1.